The SMILES string of the molecule is BrCc1ccccc1.COc1ccc(CBr)cc1. The van der Waals surface area contributed by atoms with Gasteiger partial charge >= 0.3 is 0 Å². The molecule has 0 saturated carbocycles. The maximum absolute atomic E-state index is 5.00. The van der Waals surface area contributed by atoms with Crippen molar-refractivity contribution >= 4 is 31.9 Å². The summed E-state index contributed by atoms with van der Waals surface area (Å²) in [5.41, 5.74) is 2.59. The van der Waals surface area contributed by atoms with Gasteiger partial charge in [0.15, 0.2) is 0 Å². The molecular weight excluding hydrogens is 356 g/mol. The summed E-state index contributed by atoms with van der Waals surface area (Å²) >= 11 is 6.72. The summed E-state index contributed by atoms with van der Waals surface area (Å²) in [6.07, 6.45) is 0. The summed E-state index contributed by atoms with van der Waals surface area (Å²) in [6.45, 7) is 0. The third kappa shape index (κ3) is 5.69. The van der Waals surface area contributed by atoms with Crippen molar-refractivity contribution < 1.29 is 4.74 Å². The average molecular weight is 372 g/mol. The number of ether oxygens (including phenoxy) is 1. The molecule has 3 heteroatoms. The van der Waals surface area contributed by atoms with Crippen molar-refractivity contribution in [2.45, 2.75) is 10.7 Å². The molecule has 0 aliphatic carbocycles. The Morgan fingerprint density at radius 1 is 0.778 bits per heavy atom. The van der Waals surface area contributed by atoms with Gasteiger partial charge in [0.2, 0.25) is 0 Å². The summed E-state index contributed by atoms with van der Waals surface area (Å²) in [7, 11) is 1.67. The van der Waals surface area contributed by atoms with Crippen molar-refractivity contribution in [3.63, 3.8) is 0 Å². The molecule has 0 aliphatic rings. The van der Waals surface area contributed by atoms with E-state index in [2.05, 4.69) is 44.0 Å². The standard InChI is InChI=1S/C8H9BrO.C7H7Br/c1-10-8-4-2-7(6-9)3-5-8;8-6-7-4-2-1-3-5-7/h2-5H,6H2,1H3;1-5H,6H2. The Hall–Kier alpha value is -0.800. The predicted molar refractivity (Wildman–Crippen MR) is 84.7 cm³/mol. The van der Waals surface area contributed by atoms with Crippen LogP contribution in [-0.4, -0.2) is 7.11 Å². The maximum Gasteiger partial charge on any atom is 0.118 e. The first-order chi connectivity index (χ1) is 8.80. The normalized spacial score (nSPS) is 9.28. The van der Waals surface area contributed by atoms with Gasteiger partial charge in [0.25, 0.3) is 0 Å². The molecule has 0 N–H and O–H groups in total. The number of halogens is 2. The van der Waals surface area contributed by atoms with Gasteiger partial charge in [-0.25, -0.2) is 0 Å². The maximum atomic E-state index is 5.00. The van der Waals surface area contributed by atoms with Crippen LogP contribution in [0.4, 0.5) is 0 Å². The van der Waals surface area contributed by atoms with Gasteiger partial charge in [-0.3, -0.25) is 0 Å². The minimum Gasteiger partial charge on any atom is -0.497 e. The van der Waals surface area contributed by atoms with Gasteiger partial charge in [-0.2, -0.15) is 0 Å². The molecule has 0 unspecified atom stereocenters. The highest BCUT2D eigenvalue weighted by molar-refractivity contribution is 9.08. The fourth-order valence-electron chi connectivity index (χ4n) is 1.28. The highest BCUT2D eigenvalue weighted by Crippen LogP contribution is 2.12. The first-order valence-corrected chi connectivity index (χ1v) is 7.83. The topological polar surface area (TPSA) is 9.23 Å². The first kappa shape index (κ1) is 15.3. The fourth-order valence-corrected chi connectivity index (χ4v) is 2.03. The molecule has 1 nitrogen and oxygen atoms in total. The molecule has 0 aliphatic heterocycles. The molecule has 0 amide bonds. The Morgan fingerprint density at radius 2 is 1.28 bits per heavy atom. The summed E-state index contributed by atoms with van der Waals surface area (Å²) in [6, 6.07) is 18.3. The average Bonchev–Trinajstić information content (AvgIpc) is 2.49. The number of hydrogen-bond donors (Lipinski definition) is 0. The Morgan fingerprint density at radius 3 is 1.67 bits per heavy atom. The molecule has 18 heavy (non-hydrogen) atoms. The second-order valence-corrected chi connectivity index (χ2v) is 4.72. The molecule has 0 spiro atoms. The first-order valence-electron chi connectivity index (χ1n) is 5.59. The van der Waals surface area contributed by atoms with Crippen LogP contribution >= 0.6 is 31.9 Å². The molecule has 2 aromatic carbocycles. The molecular formula is C15H16Br2O. The zero-order valence-electron chi connectivity index (χ0n) is 10.3. The number of benzene rings is 2. The second-order valence-electron chi connectivity index (χ2n) is 3.60. The van der Waals surface area contributed by atoms with Crippen LogP contribution in [0.3, 0.4) is 0 Å². The number of alkyl halides is 2. The number of hydrogen-bond acceptors (Lipinski definition) is 1. The van der Waals surface area contributed by atoms with Crippen molar-refractivity contribution in [1.29, 1.82) is 0 Å². The molecule has 0 bridgehead atoms. The number of methoxy groups -OCH3 is 1. The molecule has 0 heterocycles. The van der Waals surface area contributed by atoms with E-state index in [0.717, 1.165) is 16.4 Å². The minimum absolute atomic E-state index is 0.900. The quantitative estimate of drug-likeness (QED) is 0.676. The van der Waals surface area contributed by atoms with Gasteiger partial charge in [0.05, 0.1) is 7.11 Å². The van der Waals surface area contributed by atoms with Crippen LogP contribution in [0, 0.1) is 0 Å². The fraction of sp³-hybridized carbons (Fsp3) is 0.200. The lowest BCUT2D eigenvalue weighted by atomic mass is 10.2. The second kappa shape index (κ2) is 9.17. The van der Waals surface area contributed by atoms with Crippen LogP contribution in [0.5, 0.6) is 5.75 Å². The van der Waals surface area contributed by atoms with Gasteiger partial charge in [0.1, 0.15) is 5.75 Å². The number of rotatable bonds is 3. The van der Waals surface area contributed by atoms with E-state index < -0.39 is 0 Å². The molecule has 2 aromatic rings. The van der Waals surface area contributed by atoms with Gasteiger partial charge in [0, 0.05) is 10.7 Å². The van der Waals surface area contributed by atoms with Gasteiger partial charge in [-0.1, -0.05) is 74.3 Å². The molecule has 0 saturated heterocycles. The Balaban J connectivity index is 0.000000184. The van der Waals surface area contributed by atoms with Crippen LogP contribution in [0.2, 0.25) is 0 Å². The van der Waals surface area contributed by atoms with E-state index in [1.165, 1.54) is 11.1 Å². The summed E-state index contributed by atoms with van der Waals surface area (Å²) in [5, 5.41) is 1.85. The van der Waals surface area contributed by atoms with Crippen LogP contribution in [-0.2, 0) is 10.7 Å². The predicted octanol–water partition coefficient (Wildman–Crippen LogP) is 5.17. The lowest BCUT2D eigenvalue weighted by Crippen LogP contribution is -1.82. The Labute approximate surface area is 125 Å². The van der Waals surface area contributed by atoms with Crippen molar-refractivity contribution in [3.8, 4) is 5.75 Å². The monoisotopic (exact) mass is 370 g/mol. The van der Waals surface area contributed by atoms with Crippen LogP contribution in [0.1, 0.15) is 11.1 Å². The minimum atomic E-state index is 0.900. The molecule has 0 radical (unpaired) electrons. The molecule has 96 valence electrons. The van der Waals surface area contributed by atoms with E-state index in [4.69, 9.17) is 4.74 Å². The third-order valence-electron chi connectivity index (χ3n) is 2.31. The van der Waals surface area contributed by atoms with Crippen molar-refractivity contribution in [2.24, 2.45) is 0 Å². The smallest absolute Gasteiger partial charge is 0.118 e. The molecule has 2 rings (SSSR count). The van der Waals surface area contributed by atoms with E-state index in [1.807, 2.05) is 42.5 Å². The lowest BCUT2D eigenvalue weighted by Gasteiger charge is -1.98. The van der Waals surface area contributed by atoms with Crippen LogP contribution < -0.4 is 4.74 Å². The summed E-state index contributed by atoms with van der Waals surface area (Å²) < 4.78 is 5.00. The van der Waals surface area contributed by atoms with E-state index in [1.54, 1.807) is 7.11 Å². The van der Waals surface area contributed by atoms with E-state index in [-0.39, 0.29) is 0 Å². The van der Waals surface area contributed by atoms with Crippen LogP contribution in [0.25, 0.3) is 0 Å². The van der Waals surface area contributed by atoms with Crippen LogP contribution in [0.15, 0.2) is 54.6 Å². The highest BCUT2D eigenvalue weighted by atomic mass is 79.9. The third-order valence-corrected chi connectivity index (χ3v) is 3.61. The largest absolute Gasteiger partial charge is 0.497 e. The van der Waals surface area contributed by atoms with E-state index >= 15 is 0 Å². The van der Waals surface area contributed by atoms with Gasteiger partial charge in [-0.15, -0.1) is 0 Å². The summed E-state index contributed by atoms with van der Waals surface area (Å²) in [4.78, 5) is 0. The highest BCUT2D eigenvalue weighted by Gasteiger charge is 1.89. The van der Waals surface area contributed by atoms with Gasteiger partial charge < -0.3 is 4.74 Å². The van der Waals surface area contributed by atoms with Crippen molar-refractivity contribution in [1.82, 2.24) is 0 Å². The van der Waals surface area contributed by atoms with Gasteiger partial charge in [-0.05, 0) is 23.3 Å². The zero-order valence-corrected chi connectivity index (χ0v) is 13.4. The Kier molecular flexibility index (Phi) is 7.78. The Bertz CT molecular complexity index is 403. The van der Waals surface area contributed by atoms with Crippen molar-refractivity contribution in [3.05, 3.63) is 65.7 Å². The lowest BCUT2D eigenvalue weighted by molar-refractivity contribution is 0.414. The zero-order chi connectivity index (χ0) is 13.2. The molecule has 0 aromatic heterocycles. The summed E-state index contributed by atoms with van der Waals surface area (Å²) in [5.74, 6) is 0.907. The van der Waals surface area contributed by atoms with E-state index in [0.29, 0.717) is 0 Å². The van der Waals surface area contributed by atoms with E-state index in [9.17, 15) is 0 Å². The molecule has 0 fully saturated rings. The van der Waals surface area contributed by atoms with Crippen molar-refractivity contribution in [2.75, 3.05) is 7.11 Å². The molecule has 0 atom stereocenters.